The molecule has 0 aromatic carbocycles. The van der Waals surface area contributed by atoms with Gasteiger partial charge >= 0.3 is 0 Å². The third kappa shape index (κ3) is 3.36. The predicted octanol–water partition coefficient (Wildman–Crippen LogP) is 2.23. The van der Waals surface area contributed by atoms with Crippen LogP contribution in [0.2, 0.25) is 0 Å². The van der Waals surface area contributed by atoms with Crippen molar-refractivity contribution >= 4 is 21.5 Å². The second-order valence-corrected chi connectivity index (χ2v) is 6.74. The van der Waals surface area contributed by atoms with Gasteiger partial charge in [0.2, 0.25) is 0 Å². The molecule has 7 heteroatoms. The summed E-state index contributed by atoms with van der Waals surface area (Å²) in [7, 11) is -1.96. The van der Waals surface area contributed by atoms with Crippen molar-refractivity contribution < 1.29 is 8.42 Å². The van der Waals surface area contributed by atoms with E-state index in [2.05, 4.69) is 21.9 Å². The Bertz CT molecular complexity index is 709. The highest BCUT2D eigenvalue weighted by Gasteiger charge is 2.26. The normalized spacial score (nSPS) is 13.5. The van der Waals surface area contributed by atoms with Crippen LogP contribution in [0.4, 0.5) is 5.82 Å². The van der Waals surface area contributed by atoms with E-state index in [1.165, 1.54) is 0 Å². The van der Waals surface area contributed by atoms with Crippen LogP contribution in [0.5, 0.6) is 0 Å². The molecule has 6 nitrogen and oxygen atoms in total. The van der Waals surface area contributed by atoms with E-state index in [1.807, 2.05) is 13.0 Å². The molecule has 1 atom stereocenters. The molecular formula is C14H22N4O2S. The topological polar surface area (TPSA) is 75.5 Å². The van der Waals surface area contributed by atoms with Gasteiger partial charge < -0.3 is 5.32 Å². The molecule has 2 heterocycles. The Hall–Kier alpha value is -1.60. The maximum atomic E-state index is 12.6. The summed E-state index contributed by atoms with van der Waals surface area (Å²) < 4.78 is 29.6. The lowest BCUT2D eigenvalue weighted by Gasteiger charge is -2.14. The Balaban J connectivity index is 2.39. The minimum Gasteiger partial charge on any atom is -0.371 e. The fraction of sp³-hybridized carbons (Fsp3) is 0.500. The van der Waals surface area contributed by atoms with E-state index >= 15 is 0 Å². The number of hydrogen-bond acceptors (Lipinski definition) is 4. The lowest BCUT2D eigenvalue weighted by Crippen LogP contribution is -2.33. The van der Waals surface area contributed by atoms with Crippen LogP contribution in [0.3, 0.4) is 0 Å². The van der Waals surface area contributed by atoms with Crippen molar-refractivity contribution in [1.29, 1.82) is 0 Å². The standard InChI is InChI=1S/C14H22N4O2S/c1-4-5-8-11(2)17-21(19,20)14-13(15-3)16-12-9-6-7-10-18(12)14/h6-7,9-11,15,17H,4-5,8H2,1-3H3. The molecule has 2 aromatic rings. The third-order valence-electron chi connectivity index (χ3n) is 3.32. The molecule has 0 aliphatic heterocycles. The molecule has 2 N–H and O–H groups in total. The summed E-state index contributed by atoms with van der Waals surface area (Å²) in [5.41, 5.74) is 0.600. The third-order valence-corrected chi connectivity index (χ3v) is 4.94. The van der Waals surface area contributed by atoms with E-state index in [1.54, 1.807) is 29.8 Å². The molecule has 21 heavy (non-hydrogen) atoms. The average molecular weight is 310 g/mol. The maximum absolute atomic E-state index is 12.6. The van der Waals surface area contributed by atoms with Crippen LogP contribution in [-0.4, -0.2) is 30.9 Å². The molecule has 0 spiro atoms. The second kappa shape index (κ2) is 6.44. The van der Waals surface area contributed by atoms with E-state index in [0.29, 0.717) is 11.5 Å². The summed E-state index contributed by atoms with van der Waals surface area (Å²) in [5.74, 6) is 0.358. The highest BCUT2D eigenvalue weighted by molar-refractivity contribution is 7.89. The molecular weight excluding hydrogens is 288 g/mol. The van der Waals surface area contributed by atoms with Crippen molar-refractivity contribution in [3.8, 4) is 0 Å². The number of nitrogens with zero attached hydrogens (tertiary/aromatic N) is 2. The smallest absolute Gasteiger partial charge is 0.260 e. The summed E-state index contributed by atoms with van der Waals surface area (Å²) in [4.78, 5) is 4.30. The van der Waals surface area contributed by atoms with Crippen LogP contribution in [0.1, 0.15) is 33.1 Å². The molecule has 2 rings (SSSR count). The second-order valence-electron chi connectivity index (χ2n) is 5.11. The average Bonchev–Trinajstić information content (AvgIpc) is 2.83. The monoisotopic (exact) mass is 310 g/mol. The first kappa shape index (κ1) is 15.8. The lowest BCUT2D eigenvalue weighted by atomic mass is 10.2. The number of nitrogens with one attached hydrogen (secondary N) is 2. The summed E-state index contributed by atoms with van der Waals surface area (Å²) in [6, 6.07) is 5.29. The largest absolute Gasteiger partial charge is 0.371 e. The Morgan fingerprint density at radius 1 is 1.38 bits per heavy atom. The highest BCUT2D eigenvalue weighted by Crippen LogP contribution is 2.22. The molecule has 0 saturated carbocycles. The van der Waals surface area contributed by atoms with Crippen LogP contribution in [0.15, 0.2) is 29.4 Å². The molecule has 0 aliphatic rings. The molecule has 1 unspecified atom stereocenters. The summed E-state index contributed by atoms with van der Waals surface area (Å²) in [6.07, 6.45) is 4.56. The van der Waals surface area contributed by atoms with Gasteiger partial charge in [-0.3, -0.25) is 4.40 Å². The maximum Gasteiger partial charge on any atom is 0.260 e. The SMILES string of the molecule is CCCCC(C)NS(=O)(=O)c1c(NC)nc2ccccn12. The summed E-state index contributed by atoms with van der Waals surface area (Å²) in [6.45, 7) is 3.97. The van der Waals surface area contributed by atoms with Crippen molar-refractivity contribution in [3.63, 3.8) is 0 Å². The number of unbranched alkanes of at least 4 members (excludes halogenated alkanes) is 1. The molecule has 0 amide bonds. The van der Waals surface area contributed by atoms with Gasteiger partial charge in [-0.2, -0.15) is 0 Å². The van der Waals surface area contributed by atoms with Gasteiger partial charge in [0.05, 0.1) is 0 Å². The van der Waals surface area contributed by atoms with Crippen LogP contribution in [0.25, 0.3) is 5.65 Å². The number of rotatable bonds is 7. The summed E-state index contributed by atoms with van der Waals surface area (Å²) in [5, 5.41) is 3.01. The lowest BCUT2D eigenvalue weighted by molar-refractivity contribution is 0.531. The van der Waals surface area contributed by atoms with Crippen LogP contribution in [0, 0.1) is 0 Å². The number of anilines is 1. The zero-order valence-electron chi connectivity index (χ0n) is 12.6. The number of aromatic nitrogens is 2. The van der Waals surface area contributed by atoms with Gasteiger partial charge in [-0.25, -0.2) is 18.1 Å². The Morgan fingerprint density at radius 2 is 2.14 bits per heavy atom. The van der Waals surface area contributed by atoms with E-state index < -0.39 is 10.0 Å². The fourth-order valence-corrected chi connectivity index (χ4v) is 3.86. The quantitative estimate of drug-likeness (QED) is 0.822. The minimum absolute atomic E-state index is 0.103. The number of imidazole rings is 1. The molecule has 0 radical (unpaired) electrons. The molecule has 0 aliphatic carbocycles. The van der Waals surface area contributed by atoms with E-state index in [4.69, 9.17) is 0 Å². The van der Waals surface area contributed by atoms with E-state index in [9.17, 15) is 8.42 Å². The zero-order chi connectivity index (χ0) is 15.5. The first-order valence-corrected chi connectivity index (χ1v) is 8.65. The Morgan fingerprint density at radius 3 is 2.81 bits per heavy atom. The van der Waals surface area contributed by atoms with Crippen molar-refractivity contribution in [3.05, 3.63) is 24.4 Å². The number of hydrogen-bond donors (Lipinski definition) is 2. The van der Waals surface area contributed by atoms with E-state index in [0.717, 1.165) is 19.3 Å². The van der Waals surface area contributed by atoms with Crippen molar-refractivity contribution in [2.75, 3.05) is 12.4 Å². The van der Waals surface area contributed by atoms with Gasteiger partial charge in [0.1, 0.15) is 5.65 Å². The first-order valence-electron chi connectivity index (χ1n) is 7.16. The molecule has 0 bridgehead atoms. The summed E-state index contributed by atoms with van der Waals surface area (Å²) >= 11 is 0. The molecule has 0 saturated heterocycles. The fourth-order valence-electron chi connectivity index (χ4n) is 2.28. The Kier molecular flexibility index (Phi) is 4.84. The zero-order valence-corrected chi connectivity index (χ0v) is 13.4. The van der Waals surface area contributed by atoms with Crippen molar-refractivity contribution in [2.45, 2.75) is 44.2 Å². The molecule has 2 aromatic heterocycles. The van der Waals surface area contributed by atoms with Crippen LogP contribution in [-0.2, 0) is 10.0 Å². The number of pyridine rings is 1. The van der Waals surface area contributed by atoms with Gasteiger partial charge in [-0.05, 0) is 25.5 Å². The minimum atomic E-state index is -3.63. The highest BCUT2D eigenvalue weighted by atomic mass is 32.2. The van der Waals surface area contributed by atoms with Gasteiger partial charge in [-0.1, -0.05) is 25.8 Å². The van der Waals surface area contributed by atoms with Crippen LogP contribution < -0.4 is 10.0 Å². The van der Waals surface area contributed by atoms with E-state index in [-0.39, 0.29) is 11.1 Å². The number of fused-ring (bicyclic) bond motifs is 1. The molecule has 0 fully saturated rings. The van der Waals surface area contributed by atoms with Crippen molar-refractivity contribution in [2.24, 2.45) is 0 Å². The Labute approximate surface area is 125 Å². The predicted molar refractivity (Wildman–Crippen MR) is 84.0 cm³/mol. The van der Waals surface area contributed by atoms with Crippen molar-refractivity contribution in [1.82, 2.24) is 14.1 Å². The van der Waals surface area contributed by atoms with Gasteiger partial charge in [0.25, 0.3) is 10.0 Å². The number of sulfonamides is 1. The molecule has 116 valence electrons. The van der Waals surface area contributed by atoms with Gasteiger partial charge in [0, 0.05) is 19.3 Å². The van der Waals surface area contributed by atoms with Gasteiger partial charge in [-0.15, -0.1) is 0 Å². The van der Waals surface area contributed by atoms with Gasteiger partial charge in [0.15, 0.2) is 10.8 Å². The first-order chi connectivity index (χ1) is 9.99. The van der Waals surface area contributed by atoms with Crippen LogP contribution >= 0.6 is 0 Å².